The monoisotopic (exact) mass is 291 g/mol. The number of carbonyl (C=O) groups is 1. The van der Waals surface area contributed by atoms with Gasteiger partial charge >= 0.3 is 0 Å². The van der Waals surface area contributed by atoms with Gasteiger partial charge in [0.25, 0.3) is 5.91 Å². The molecule has 0 fully saturated rings. The summed E-state index contributed by atoms with van der Waals surface area (Å²) < 4.78 is 5.19. The Morgan fingerprint density at radius 2 is 2.25 bits per heavy atom. The van der Waals surface area contributed by atoms with Crippen LogP contribution in [0, 0.1) is 0 Å². The number of quaternary nitrogens is 1. The first-order valence-electron chi connectivity index (χ1n) is 6.56. The molecule has 0 spiro atoms. The van der Waals surface area contributed by atoms with Gasteiger partial charge in [0.1, 0.15) is 12.3 Å². The second-order valence-electron chi connectivity index (χ2n) is 4.37. The van der Waals surface area contributed by atoms with Crippen molar-refractivity contribution < 1.29 is 14.8 Å². The normalized spacial score (nSPS) is 10.2. The molecule has 0 saturated heterocycles. The van der Waals surface area contributed by atoms with E-state index in [0.29, 0.717) is 6.54 Å². The van der Waals surface area contributed by atoms with Crippen molar-refractivity contribution in [3.63, 3.8) is 0 Å². The molecule has 1 aromatic carbocycles. The maximum absolute atomic E-state index is 11.7. The van der Waals surface area contributed by atoms with Crippen LogP contribution in [0.5, 0.6) is 5.75 Å². The fourth-order valence-electron chi connectivity index (χ4n) is 1.85. The minimum absolute atomic E-state index is 0.00906. The van der Waals surface area contributed by atoms with Crippen LogP contribution >= 0.6 is 11.3 Å². The van der Waals surface area contributed by atoms with E-state index in [-0.39, 0.29) is 5.91 Å². The Balaban J connectivity index is 1.65. The lowest BCUT2D eigenvalue weighted by Crippen LogP contribution is -2.84. The minimum Gasteiger partial charge on any atom is -0.497 e. The molecular formula is C15H19N2O2S+. The zero-order valence-electron chi connectivity index (χ0n) is 11.5. The van der Waals surface area contributed by atoms with Crippen molar-refractivity contribution >= 4 is 17.2 Å². The Hall–Kier alpha value is -1.85. The molecule has 0 radical (unpaired) electrons. The Morgan fingerprint density at radius 3 is 3.00 bits per heavy atom. The molecule has 4 nitrogen and oxygen atoms in total. The molecule has 0 unspecified atom stereocenters. The SMILES string of the molecule is COc1cccc(C[NH2+]CCNC(=O)c2cccs2)c1. The zero-order valence-corrected chi connectivity index (χ0v) is 12.3. The maximum atomic E-state index is 11.7. The first kappa shape index (κ1) is 14.6. The van der Waals surface area contributed by atoms with Crippen molar-refractivity contribution in [3.8, 4) is 5.75 Å². The molecule has 20 heavy (non-hydrogen) atoms. The summed E-state index contributed by atoms with van der Waals surface area (Å²) in [5, 5.41) is 6.99. The van der Waals surface area contributed by atoms with Gasteiger partial charge in [0.15, 0.2) is 0 Å². The lowest BCUT2D eigenvalue weighted by atomic mass is 10.2. The Morgan fingerprint density at radius 1 is 1.35 bits per heavy atom. The number of amides is 1. The van der Waals surface area contributed by atoms with E-state index in [9.17, 15) is 4.79 Å². The Kier molecular flexibility index (Phi) is 5.58. The van der Waals surface area contributed by atoms with Crippen LogP contribution in [-0.4, -0.2) is 26.1 Å². The van der Waals surface area contributed by atoms with E-state index in [4.69, 9.17) is 4.74 Å². The van der Waals surface area contributed by atoms with Gasteiger partial charge < -0.3 is 15.4 Å². The highest BCUT2D eigenvalue weighted by Crippen LogP contribution is 2.11. The molecule has 1 aromatic heterocycles. The largest absolute Gasteiger partial charge is 0.497 e. The zero-order chi connectivity index (χ0) is 14.2. The summed E-state index contributed by atoms with van der Waals surface area (Å²) in [6.07, 6.45) is 0. The third-order valence-electron chi connectivity index (χ3n) is 2.89. The lowest BCUT2D eigenvalue weighted by Gasteiger charge is -2.05. The third kappa shape index (κ3) is 4.36. The van der Waals surface area contributed by atoms with Gasteiger partial charge in [-0.15, -0.1) is 11.3 Å². The molecule has 1 amide bonds. The van der Waals surface area contributed by atoms with E-state index in [1.165, 1.54) is 16.9 Å². The quantitative estimate of drug-likeness (QED) is 0.754. The molecule has 2 rings (SSSR count). The minimum atomic E-state index is 0.00906. The summed E-state index contributed by atoms with van der Waals surface area (Å²) in [5.41, 5.74) is 1.22. The number of nitrogens with two attached hydrogens (primary N) is 1. The van der Waals surface area contributed by atoms with Gasteiger partial charge in [-0.1, -0.05) is 18.2 Å². The Labute approximate surface area is 122 Å². The van der Waals surface area contributed by atoms with Crippen molar-refractivity contribution in [2.75, 3.05) is 20.2 Å². The van der Waals surface area contributed by atoms with E-state index in [1.54, 1.807) is 7.11 Å². The van der Waals surface area contributed by atoms with E-state index < -0.39 is 0 Å². The molecule has 5 heteroatoms. The maximum Gasteiger partial charge on any atom is 0.261 e. The fraction of sp³-hybridized carbons (Fsp3) is 0.267. The molecular weight excluding hydrogens is 272 g/mol. The lowest BCUT2D eigenvalue weighted by molar-refractivity contribution is -0.668. The van der Waals surface area contributed by atoms with Gasteiger partial charge in [0, 0.05) is 5.56 Å². The van der Waals surface area contributed by atoms with Gasteiger partial charge in [0.05, 0.1) is 25.1 Å². The van der Waals surface area contributed by atoms with Crippen LogP contribution in [-0.2, 0) is 6.54 Å². The first-order valence-corrected chi connectivity index (χ1v) is 7.44. The summed E-state index contributed by atoms with van der Waals surface area (Å²) in [4.78, 5) is 12.5. The van der Waals surface area contributed by atoms with Crippen molar-refractivity contribution in [2.45, 2.75) is 6.54 Å². The number of hydrogen-bond donors (Lipinski definition) is 2. The number of methoxy groups -OCH3 is 1. The molecule has 0 aliphatic rings. The highest BCUT2D eigenvalue weighted by Gasteiger charge is 2.05. The van der Waals surface area contributed by atoms with Crippen LogP contribution in [0.1, 0.15) is 15.2 Å². The summed E-state index contributed by atoms with van der Waals surface area (Å²) >= 11 is 1.46. The standard InChI is InChI=1S/C15H18N2O2S/c1-19-13-5-2-4-12(10-13)11-16-7-8-17-15(18)14-6-3-9-20-14/h2-6,9-10,16H,7-8,11H2,1H3,(H,17,18)/p+1. The first-order chi connectivity index (χ1) is 9.79. The average Bonchev–Trinajstić information content (AvgIpc) is 3.01. The number of benzene rings is 1. The van der Waals surface area contributed by atoms with Gasteiger partial charge in [-0.25, -0.2) is 0 Å². The van der Waals surface area contributed by atoms with Crippen molar-refractivity contribution in [1.29, 1.82) is 0 Å². The molecule has 0 atom stereocenters. The molecule has 0 bridgehead atoms. The number of ether oxygens (including phenoxy) is 1. The summed E-state index contributed by atoms with van der Waals surface area (Å²) in [7, 11) is 1.67. The van der Waals surface area contributed by atoms with Crippen LogP contribution in [0.3, 0.4) is 0 Å². The second kappa shape index (κ2) is 7.67. The predicted molar refractivity (Wildman–Crippen MR) is 80.1 cm³/mol. The number of rotatable bonds is 7. The smallest absolute Gasteiger partial charge is 0.261 e. The average molecular weight is 291 g/mol. The van der Waals surface area contributed by atoms with Crippen LogP contribution in [0.15, 0.2) is 41.8 Å². The molecule has 0 aliphatic carbocycles. The van der Waals surface area contributed by atoms with E-state index >= 15 is 0 Å². The van der Waals surface area contributed by atoms with E-state index in [1.807, 2.05) is 35.7 Å². The highest BCUT2D eigenvalue weighted by atomic mass is 32.1. The topological polar surface area (TPSA) is 54.9 Å². The van der Waals surface area contributed by atoms with Crippen LogP contribution < -0.4 is 15.4 Å². The number of thiophene rings is 1. The van der Waals surface area contributed by atoms with Gasteiger partial charge in [0.2, 0.25) is 0 Å². The van der Waals surface area contributed by atoms with Gasteiger partial charge in [-0.2, -0.15) is 0 Å². The van der Waals surface area contributed by atoms with Crippen LogP contribution in [0.25, 0.3) is 0 Å². The third-order valence-corrected chi connectivity index (χ3v) is 3.76. The molecule has 0 saturated carbocycles. The van der Waals surface area contributed by atoms with Crippen LogP contribution in [0.4, 0.5) is 0 Å². The van der Waals surface area contributed by atoms with Crippen LogP contribution in [0.2, 0.25) is 0 Å². The summed E-state index contributed by atoms with van der Waals surface area (Å²) in [6.45, 7) is 2.40. The highest BCUT2D eigenvalue weighted by molar-refractivity contribution is 7.12. The van der Waals surface area contributed by atoms with Crippen molar-refractivity contribution in [2.24, 2.45) is 0 Å². The summed E-state index contributed by atoms with van der Waals surface area (Å²) in [6, 6.07) is 11.7. The predicted octanol–water partition coefficient (Wildman–Crippen LogP) is 1.25. The van der Waals surface area contributed by atoms with Gasteiger partial charge in [-0.3, -0.25) is 4.79 Å². The Bertz CT molecular complexity index is 541. The number of hydrogen-bond acceptors (Lipinski definition) is 3. The molecule has 1 heterocycles. The van der Waals surface area contributed by atoms with E-state index in [2.05, 4.69) is 16.7 Å². The van der Waals surface area contributed by atoms with Crippen molar-refractivity contribution in [1.82, 2.24) is 5.32 Å². The summed E-state index contributed by atoms with van der Waals surface area (Å²) in [5.74, 6) is 0.886. The number of nitrogens with one attached hydrogen (secondary N) is 1. The molecule has 106 valence electrons. The fourth-order valence-corrected chi connectivity index (χ4v) is 2.49. The number of carbonyl (C=O) groups excluding carboxylic acids is 1. The van der Waals surface area contributed by atoms with Crippen molar-refractivity contribution in [3.05, 3.63) is 52.2 Å². The molecule has 3 N–H and O–H groups in total. The van der Waals surface area contributed by atoms with E-state index in [0.717, 1.165) is 23.7 Å². The second-order valence-corrected chi connectivity index (χ2v) is 5.31. The molecule has 2 aromatic rings. The van der Waals surface area contributed by atoms with Gasteiger partial charge in [-0.05, 0) is 23.6 Å². The molecule has 0 aliphatic heterocycles.